The van der Waals surface area contributed by atoms with E-state index < -0.39 is 0 Å². The number of fused-ring (bicyclic) bond motifs is 1. The van der Waals surface area contributed by atoms with E-state index in [9.17, 15) is 0 Å². The third-order valence-corrected chi connectivity index (χ3v) is 3.16. The molecule has 0 radical (unpaired) electrons. The molecule has 96 valence electrons. The lowest BCUT2D eigenvalue weighted by molar-refractivity contribution is 0.0875. The SMILES string of the molecule is CCc1nnc2ccc(NC3CCCOC3)nn12. The Hall–Kier alpha value is -1.69. The van der Waals surface area contributed by atoms with E-state index in [0.29, 0.717) is 6.04 Å². The van der Waals surface area contributed by atoms with Gasteiger partial charge in [0.15, 0.2) is 11.5 Å². The van der Waals surface area contributed by atoms with Crippen LogP contribution in [0.15, 0.2) is 12.1 Å². The molecule has 1 saturated heterocycles. The highest BCUT2D eigenvalue weighted by Crippen LogP contribution is 2.13. The van der Waals surface area contributed by atoms with Crippen LogP contribution >= 0.6 is 0 Å². The highest BCUT2D eigenvalue weighted by Gasteiger charge is 2.14. The Bertz CT molecular complexity index is 532. The topological polar surface area (TPSA) is 64.3 Å². The van der Waals surface area contributed by atoms with Gasteiger partial charge < -0.3 is 10.1 Å². The maximum atomic E-state index is 5.45. The summed E-state index contributed by atoms with van der Waals surface area (Å²) in [5.41, 5.74) is 0.789. The van der Waals surface area contributed by atoms with Crippen LogP contribution in [0.5, 0.6) is 0 Å². The Labute approximate surface area is 105 Å². The number of nitrogens with one attached hydrogen (secondary N) is 1. The highest BCUT2D eigenvalue weighted by molar-refractivity contribution is 5.44. The quantitative estimate of drug-likeness (QED) is 0.885. The molecule has 18 heavy (non-hydrogen) atoms. The van der Waals surface area contributed by atoms with Crippen LogP contribution in [0.3, 0.4) is 0 Å². The molecule has 1 aliphatic heterocycles. The van der Waals surface area contributed by atoms with Gasteiger partial charge in [0.2, 0.25) is 0 Å². The average molecular weight is 247 g/mol. The fraction of sp³-hybridized carbons (Fsp3) is 0.583. The molecule has 0 spiro atoms. The second-order valence-corrected chi connectivity index (χ2v) is 4.52. The lowest BCUT2D eigenvalue weighted by Crippen LogP contribution is -2.30. The number of rotatable bonds is 3. The monoisotopic (exact) mass is 247 g/mol. The minimum absolute atomic E-state index is 0.352. The van der Waals surface area contributed by atoms with Crippen LogP contribution in [-0.4, -0.2) is 39.1 Å². The van der Waals surface area contributed by atoms with Gasteiger partial charge in [-0.05, 0) is 25.0 Å². The van der Waals surface area contributed by atoms with Gasteiger partial charge in [-0.15, -0.1) is 15.3 Å². The lowest BCUT2D eigenvalue weighted by Gasteiger charge is -2.23. The summed E-state index contributed by atoms with van der Waals surface area (Å²) < 4.78 is 7.25. The maximum absolute atomic E-state index is 5.45. The molecule has 3 rings (SSSR count). The van der Waals surface area contributed by atoms with Gasteiger partial charge in [-0.2, -0.15) is 4.52 Å². The summed E-state index contributed by atoms with van der Waals surface area (Å²) in [7, 11) is 0. The van der Waals surface area contributed by atoms with E-state index in [-0.39, 0.29) is 0 Å². The zero-order valence-electron chi connectivity index (χ0n) is 10.5. The van der Waals surface area contributed by atoms with E-state index >= 15 is 0 Å². The Balaban J connectivity index is 1.83. The first kappa shape index (κ1) is 11.4. The van der Waals surface area contributed by atoms with Crippen molar-refractivity contribution in [3.63, 3.8) is 0 Å². The van der Waals surface area contributed by atoms with Crippen molar-refractivity contribution in [3.05, 3.63) is 18.0 Å². The van der Waals surface area contributed by atoms with Crippen molar-refractivity contribution in [1.82, 2.24) is 19.8 Å². The van der Waals surface area contributed by atoms with E-state index in [1.54, 1.807) is 4.52 Å². The van der Waals surface area contributed by atoms with Crippen molar-refractivity contribution in [3.8, 4) is 0 Å². The molecule has 0 aromatic carbocycles. The van der Waals surface area contributed by atoms with Crippen molar-refractivity contribution in [2.75, 3.05) is 18.5 Å². The lowest BCUT2D eigenvalue weighted by atomic mass is 10.1. The Kier molecular flexibility index (Phi) is 3.10. The smallest absolute Gasteiger partial charge is 0.178 e. The first-order chi connectivity index (χ1) is 8.86. The number of nitrogens with zero attached hydrogens (tertiary/aromatic N) is 4. The Morgan fingerprint density at radius 2 is 2.39 bits per heavy atom. The van der Waals surface area contributed by atoms with Gasteiger partial charge in [0, 0.05) is 13.0 Å². The standard InChI is InChI=1S/C12H17N5O/c1-2-11-14-15-12-6-5-10(16-17(11)12)13-9-4-3-7-18-8-9/h5-6,9H,2-4,7-8H2,1H3,(H,13,16). The molecule has 2 aromatic heterocycles. The van der Waals surface area contributed by atoms with E-state index in [0.717, 1.165) is 49.8 Å². The molecule has 1 N–H and O–H groups in total. The Morgan fingerprint density at radius 1 is 1.44 bits per heavy atom. The normalized spacial score (nSPS) is 20.2. The van der Waals surface area contributed by atoms with Crippen molar-refractivity contribution in [2.45, 2.75) is 32.2 Å². The number of anilines is 1. The number of aryl methyl sites for hydroxylation is 1. The summed E-state index contributed by atoms with van der Waals surface area (Å²) >= 11 is 0. The van der Waals surface area contributed by atoms with Crippen molar-refractivity contribution in [2.24, 2.45) is 0 Å². The second-order valence-electron chi connectivity index (χ2n) is 4.52. The molecule has 1 atom stereocenters. The fourth-order valence-electron chi connectivity index (χ4n) is 2.19. The van der Waals surface area contributed by atoms with Crippen LogP contribution in [0.1, 0.15) is 25.6 Å². The third kappa shape index (κ3) is 2.15. The molecule has 0 aliphatic carbocycles. The van der Waals surface area contributed by atoms with Gasteiger partial charge in [-0.25, -0.2) is 0 Å². The number of ether oxygens (including phenoxy) is 1. The molecule has 2 aromatic rings. The predicted octanol–water partition coefficient (Wildman–Crippen LogP) is 1.28. The van der Waals surface area contributed by atoms with Crippen molar-refractivity contribution >= 4 is 11.5 Å². The van der Waals surface area contributed by atoms with Gasteiger partial charge in [-0.1, -0.05) is 6.92 Å². The van der Waals surface area contributed by atoms with E-state index in [4.69, 9.17) is 4.74 Å². The first-order valence-electron chi connectivity index (χ1n) is 6.42. The van der Waals surface area contributed by atoms with Crippen molar-refractivity contribution in [1.29, 1.82) is 0 Å². The summed E-state index contributed by atoms with van der Waals surface area (Å²) in [4.78, 5) is 0. The number of hydrogen-bond donors (Lipinski definition) is 1. The van der Waals surface area contributed by atoms with E-state index in [1.807, 2.05) is 19.1 Å². The highest BCUT2D eigenvalue weighted by atomic mass is 16.5. The van der Waals surface area contributed by atoms with Gasteiger partial charge in [0.25, 0.3) is 0 Å². The van der Waals surface area contributed by atoms with Gasteiger partial charge in [0.1, 0.15) is 5.82 Å². The van der Waals surface area contributed by atoms with Gasteiger partial charge in [-0.3, -0.25) is 0 Å². The fourth-order valence-corrected chi connectivity index (χ4v) is 2.19. The molecule has 0 amide bonds. The second kappa shape index (κ2) is 4.89. The molecule has 1 unspecified atom stereocenters. The van der Waals surface area contributed by atoms with E-state index in [1.165, 1.54) is 0 Å². The molecule has 0 bridgehead atoms. The summed E-state index contributed by atoms with van der Waals surface area (Å²) in [5.74, 6) is 1.74. The summed E-state index contributed by atoms with van der Waals surface area (Å²) in [5, 5.41) is 16.1. The molecule has 6 nitrogen and oxygen atoms in total. The number of aromatic nitrogens is 4. The first-order valence-corrected chi connectivity index (χ1v) is 6.42. The molecule has 3 heterocycles. The maximum Gasteiger partial charge on any atom is 0.178 e. The largest absolute Gasteiger partial charge is 0.379 e. The number of hydrogen-bond acceptors (Lipinski definition) is 5. The molecule has 6 heteroatoms. The Morgan fingerprint density at radius 3 is 3.17 bits per heavy atom. The molecule has 0 saturated carbocycles. The summed E-state index contributed by atoms with van der Waals surface area (Å²) in [6.07, 6.45) is 3.06. The minimum atomic E-state index is 0.352. The van der Waals surface area contributed by atoms with Crippen LogP contribution < -0.4 is 5.32 Å². The minimum Gasteiger partial charge on any atom is -0.379 e. The molecular formula is C12H17N5O. The zero-order chi connectivity index (χ0) is 12.4. The van der Waals surface area contributed by atoms with Crippen molar-refractivity contribution < 1.29 is 4.74 Å². The van der Waals surface area contributed by atoms with Crippen LogP contribution in [-0.2, 0) is 11.2 Å². The molecule has 1 fully saturated rings. The molecular weight excluding hydrogens is 230 g/mol. The third-order valence-electron chi connectivity index (χ3n) is 3.16. The van der Waals surface area contributed by atoms with Gasteiger partial charge in [0.05, 0.1) is 12.6 Å². The predicted molar refractivity (Wildman–Crippen MR) is 67.6 cm³/mol. The van der Waals surface area contributed by atoms with Gasteiger partial charge >= 0.3 is 0 Å². The van der Waals surface area contributed by atoms with Crippen LogP contribution in [0.25, 0.3) is 5.65 Å². The summed E-state index contributed by atoms with van der Waals surface area (Å²) in [6, 6.07) is 4.23. The summed E-state index contributed by atoms with van der Waals surface area (Å²) in [6.45, 7) is 3.67. The van der Waals surface area contributed by atoms with E-state index in [2.05, 4.69) is 20.6 Å². The zero-order valence-corrected chi connectivity index (χ0v) is 10.5. The van der Waals surface area contributed by atoms with Crippen LogP contribution in [0.4, 0.5) is 5.82 Å². The van der Waals surface area contributed by atoms with Crippen LogP contribution in [0, 0.1) is 0 Å². The average Bonchev–Trinajstić information content (AvgIpc) is 2.82. The molecule has 1 aliphatic rings. The van der Waals surface area contributed by atoms with Crippen LogP contribution in [0.2, 0.25) is 0 Å².